The molecule has 7 heteroatoms. The first-order valence-corrected chi connectivity index (χ1v) is 16.5. The summed E-state index contributed by atoms with van der Waals surface area (Å²) in [6.45, 7) is 12.0. The molecule has 0 amide bonds. The van der Waals surface area contributed by atoms with Gasteiger partial charge in [-0.25, -0.2) is 0 Å². The number of hydrogen-bond acceptors (Lipinski definition) is 6. The van der Waals surface area contributed by atoms with Gasteiger partial charge in [0.25, 0.3) is 0 Å². The van der Waals surface area contributed by atoms with E-state index < -0.39 is 14.6 Å². The Hall–Kier alpha value is -1.35. The van der Waals surface area contributed by atoms with E-state index in [-0.39, 0.29) is 29.5 Å². The second kappa shape index (κ2) is 11.4. The molecule has 2 heterocycles. The minimum atomic E-state index is -1.97. The van der Waals surface area contributed by atoms with Crippen LogP contribution in [0.2, 0.25) is 18.1 Å². The lowest BCUT2D eigenvalue weighted by Crippen LogP contribution is -2.57. The Labute approximate surface area is 216 Å². The minimum Gasteiger partial charge on any atom is -0.497 e. The fourth-order valence-electron chi connectivity index (χ4n) is 4.28. The second-order valence-corrected chi connectivity index (χ2v) is 16.9. The average Bonchev–Trinajstić information content (AvgIpc) is 2.84. The molecule has 192 valence electrons. The van der Waals surface area contributed by atoms with Gasteiger partial charge in [0, 0.05) is 22.6 Å². The maximum atomic E-state index is 6.95. The lowest BCUT2D eigenvalue weighted by atomic mass is 9.96. The van der Waals surface area contributed by atoms with E-state index in [9.17, 15) is 0 Å². The highest BCUT2D eigenvalue weighted by Gasteiger charge is 2.47. The average molecular weight is 517 g/mol. The zero-order valence-electron chi connectivity index (χ0n) is 21.9. The molecule has 2 fully saturated rings. The van der Waals surface area contributed by atoms with Crippen molar-refractivity contribution in [1.29, 1.82) is 0 Å². The Morgan fingerprint density at radius 2 is 1.69 bits per heavy atom. The summed E-state index contributed by atoms with van der Waals surface area (Å²) in [5, 5.41) is 0.134. The van der Waals surface area contributed by atoms with Gasteiger partial charge in [-0.1, -0.05) is 51.1 Å². The SMILES string of the molecule is COc1ccc([C@@H]2OC[C@H]3O[C@@H](CCSc4ccccc4)[C@H](O[Si](C)(C)C(C)(C)C)C[C@@H]3O2)cc1. The topological polar surface area (TPSA) is 46.2 Å². The molecule has 2 aromatic rings. The van der Waals surface area contributed by atoms with Crippen LogP contribution in [0.5, 0.6) is 5.75 Å². The molecule has 0 radical (unpaired) electrons. The third-order valence-electron chi connectivity index (χ3n) is 7.41. The standard InChI is InChI=1S/C28H40O5SSi/c1-28(2,3)35(5,6)33-25-18-24-26(31-23(25)16-17-34-22-10-8-7-9-11-22)19-30-27(32-24)20-12-14-21(29-4)15-13-20/h7-15,23-27H,16-19H2,1-6H3/t23-,24-,25+,26+,27+/m0/s1. The Morgan fingerprint density at radius 3 is 2.34 bits per heavy atom. The van der Waals surface area contributed by atoms with Crippen LogP contribution in [-0.4, -0.2) is 52.2 Å². The maximum absolute atomic E-state index is 6.95. The summed E-state index contributed by atoms with van der Waals surface area (Å²) in [6.07, 6.45) is 1.29. The number of fused-ring (bicyclic) bond motifs is 1. The maximum Gasteiger partial charge on any atom is 0.192 e. The number of thioether (sulfide) groups is 1. The van der Waals surface area contributed by atoms with E-state index in [4.69, 9.17) is 23.4 Å². The Morgan fingerprint density at radius 1 is 0.971 bits per heavy atom. The highest BCUT2D eigenvalue weighted by Crippen LogP contribution is 2.42. The van der Waals surface area contributed by atoms with E-state index >= 15 is 0 Å². The monoisotopic (exact) mass is 516 g/mol. The third kappa shape index (κ3) is 6.70. The molecule has 0 N–H and O–H groups in total. The molecule has 2 saturated heterocycles. The predicted octanol–water partition coefficient (Wildman–Crippen LogP) is 6.84. The molecule has 4 rings (SSSR count). The summed E-state index contributed by atoms with van der Waals surface area (Å²) < 4.78 is 31.4. The van der Waals surface area contributed by atoms with Gasteiger partial charge < -0.3 is 23.4 Å². The van der Waals surface area contributed by atoms with E-state index in [1.807, 2.05) is 36.0 Å². The fraction of sp³-hybridized carbons (Fsp3) is 0.571. The Kier molecular flexibility index (Phi) is 8.67. The molecule has 2 aliphatic rings. The molecule has 5 atom stereocenters. The molecule has 2 aromatic carbocycles. The largest absolute Gasteiger partial charge is 0.497 e. The normalized spacial score (nSPS) is 27.3. The summed E-state index contributed by atoms with van der Waals surface area (Å²) in [7, 11) is -0.302. The van der Waals surface area contributed by atoms with Gasteiger partial charge in [0.1, 0.15) is 11.9 Å². The van der Waals surface area contributed by atoms with Crippen LogP contribution < -0.4 is 4.74 Å². The highest BCUT2D eigenvalue weighted by molar-refractivity contribution is 7.99. The summed E-state index contributed by atoms with van der Waals surface area (Å²) >= 11 is 1.87. The van der Waals surface area contributed by atoms with Crippen molar-refractivity contribution in [3.8, 4) is 5.75 Å². The first-order chi connectivity index (χ1) is 16.7. The molecular formula is C28H40O5SSi. The first-order valence-electron chi connectivity index (χ1n) is 12.6. The van der Waals surface area contributed by atoms with E-state index in [0.717, 1.165) is 29.9 Å². The number of hydrogen-bond donors (Lipinski definition) is 0. The van der Waals surface area contributed by atoms with Gasteiger partial charge in [0.15, 0.2) is 14.6 Å². The van der Waals surface area contributed by atoms with Crippen molar-refractivity contribution in [3.05, 3.63) is 60.2 Å². The van der Waals surface area contributed by atoms with Crippen molar-refractivity contribution >= 4 is 20.1 Å². The zero-order chi connectivity index (χ0) is 25.1. The van der Waals surface area contributed by atoms with Crippen molar-refractivity contribution in [2.75, 3.05) is 19.5 Å². The van der Waals surface area contributed by atoms with Gasteiger partial charge in [-0.05, 0) is 48.8 Å². The molecular weight excluding hydrogens is 476 g/mol. The minimum absolute atomic E-state index is 0.0168. The number of ether oxygens (including phenoxy) is 4. The Balaban J connectivity index is 1.44. The summed E-state index contributed by atoms with van der Waals surface area (Å²) in [5.74, 6) is 1.81. The van der Waals surface area contributed by atoms with E-state index in [1.54, 1.807) is 7.11 Å². The Bertz CT molecular complexity index is 931. The van der Waals surface area contributed by atoms with Crippen LogP contribution in [0.1, 0.15) is 45.5 Å². The lowest BCUT2D eigenvalue weighted by Gasteiger charge is -2.48. The van der Waals surface area contributed by atoms with Gasteiger partial charge in [0.2, 0.25) is 0 Å². The van der Waals surface area contributed by atoms with Crippen LogP contribution in [0.3, 0.4) is 0 Å². The van der Waals surface area contributed by atoms with E-state index in [0.29, 0.717) is 6.61 Å². The number of benzene rings is 2. The number of methoxy groups -OCH3 is 1. The van der Waals surface area contributed by atoms with Crippen LogP contribution in [0.4, 0.5) is 0 Å². The van der Waals surface area contributed by atoms with Crippen molar-refractivity contribution < 1.29 is 23.4 Å². The summed E-state index contributed by atoms with van der Waals surface area (Å²) in [4.78, 5) is 1.29. The molecule has 0 spiro atoms. The molecule has 0 bridgehead atoms. The van der Waals surface area contributed by atoms with Crippen LogP contribution >= 0.6 is 11.8 Å². The van der Waals surface area contributed by atoms with Crippen LogP contribution in [0, 0.1) is 0 Å². The quantitative estimate of drug-likeness (QED) is 0.283. The molecule has 2 aliphatic heterocycles. The zero-order valence-corrected chi connectivity index (χ0v) is 23.7. The number of rotatable bonds is 8. The van der Waals surface area contributed by atoms with Gasteiger partial charge in [-0.2, -0.15) is 0 Å². The van der Waals surface area contributed by atoms with Gasteiger partial charge in [0.05, 0.1) is 32.0 Å². The van der Waals surface area contributed by atoms with Crippen LogP contribution in [-0.2, 0) is 18.6 Å². The molecule has 0 unspecified atom stereocenters. The molecule has 0 saturated carbocycles. The third-order valence-corrected chi connectivity index (χ3v) is 13.0. The molecule has 0 aliphatic carbocycles. The van der Waals surface area contributed by atoms with Crippen LogP contribution in [0.15, 0.2) is 59.5 Å². The van der Waals surface area contributed by atoms with Crippen LogP contribution in [0.25, 0.3) is 0 Å². The van der Waals surface area contributed by atoms with Gasteiger partial charge in [-0.3, -0.25) is 0 Å². The first kappa shape index (κ1) is 26.7. The van der Waals surface area contributed by atoms with Crippen molar-refractivity contribution in [2.24, 2.45) is 0 Å². The van der Waals surface area contributed by atoms with Crippen molar-refractivity contribution in [3.63, 3.8) is 0 Å². The van der Waals surface area contributed by atoms with Gasteiger partial charge in [-0.15, -0.1) is 11.8 Å². The van der Waals surface area contributed by atoms with Crippen molar-refractivity contribution in [2.45, 2.75) is 87.3 Å². The molecule has 35 heavy (non-hydrogen) atoms. The van der Waals surface area contributed by atoms with E-state index in [2.05, 4.69) is 64.2 Å². The summed E-state index contributed by atoms with van der Waals surface area (Å²) in [6, 6.07) is 18.4. The molecule has 0 aromatic heterocycles. The summed E-state index contributed by atoms with van der Waals surface area (Å²) in [5.41, 5.74) is 0.993. The molecule has 5 nitrogen and oxygen atoms in total. The second-order valence-electron chi connectivity index (χ2n) is 10.9. The lowest BCUT2D eigenvalue weighted by molar-refractivity contribution is -0.300. The predicted molar refractivity (Wildman–Crippen MR) is 144 cm³/mol. The fourth-order valence-corrected chi connectivity index (χ4v) is 6.57. The smallest absolute Gasteiger partial charge is 0.192 e. The van der Waals surface area contributed by atoms with Gasteiger partial charge >= 0.3 is 0 Å². The highest BCUT2D eigenvalue weighted by atomic mass is 32.2. The van der Waals surface area contributed by atoms with Crippen molar-refractivity contribution in [1.82, 2.24) is 0 Å². The van der Waals surface area contributed by atoms with E-state index in [1.165, 1.54) is 4.90 Å².